The highest BCUT2D eigenvalue weighted by molar-refractivity contribution is 7.09. The molecule has 0 bridgehead atoms. The summed E-state index contributed by atoms with van der Waals surface area (Å²) in [7, 11) is 2.97. The first-order chi connectivity index (χ1) is 23.2. The van der Waals surface area contributed by atoms with Crippen molar-refractivity contribution in [3.8, 4) is 22.9 Å². The van der Waals surface area contributed by atoms with Crippen molar-refractivity contribution in [1.29, 1.82) is 0 Å². The molecule has 0 unspecified atom stereocenters. The molecular formula is C33H31F3N8O3S. The van der Waals surface area contributed by atoms with Gasteiger partial charge in [0, 0.05) is 42.2 Å². The number of alkyl halides is 3. The Kier molecular flexibility index (Phi) is 8.47. The second-order valence-electron chi connectivity index (χ2n) is 11.4. The van der Waals surface area contributed by atoms with Crippen LogP contribution in [-0.4, -0.2) is 67.1 Å². The van der Waals surface area contributed by atoms with Gasteiger partial charge in [-0.15, -0.1) is 11.3 Å². The first kappa shape index (κ1) is 31.6. The minimum Gasteiger partial charge on any atom is -0.497 e. The highest BCUT2D eigenvalue weighted by atomic mass is 32.1. The topological polar surface area (TPSA) is 123 Å². The lowest BCUT2D eigenvalue weighted by Crippen LogP contribution is -2.48. The Labute approximate surface area is 276 Å². The van der Waals surface area contributed by atoms with Gasteiger partial charge in [0.15, 0.2) is 0 Å². The van der Waals surface area contributed by atoms with Crippen LogP contribution >= 0.6 is 11.3 Å². The summed E-state index contributed by atoms with van der Waals surface area (Å²) < 4.78 is 54.4. The zero-order chi connectivity index (χ0) is 33.4. The summed E-state index contributed by atoms with van der Waals surface area (Å²) in [5.41, 5.74) is 2.38. The number of pyridine rings is 1. The number of likely N-dealkylation sites (tertiary alicyclic amines) is 1. The number of nitrogens with zero attached hydrogens (tertiary/aromatic N) is 6. The van der Waals surface area contributed by atoms with Crippen molar-refractivity contribution in [2.75, 3.05) is 20.8 Å². The molecule has 48 heavy (non-hydrogen) atoms. The molecule has 5 heterocycles. The predicted octanol–water partition coefficient (Wildman–Crippen LogP) is 5.99. The van der Waals surface area contributed by atoms with E-state index < -0.39 is 30.5 Å². The maximum absolute atomic E-state index is 14.2. The number of amides is 1. The highest BCUT2D eigenvalue weighted by Crippen LogP contribution is 2.36. The van der Waals surface area contributed by atoms with Gasteiger partial charge in [0.05, 0.1) is 54.3 Å². The number of hydrogen-bond donors (Lipinski definition) is 2. The van der Waals surface area contributed by atoms with Gasteiger partial charge in [-0.05, 0) is 37.1 Å². The minimum absolute atomic E-state index is 0.00237. The summed E-state index contributed by atoms with van der Waals surface area (Å²) in [6.07, 6.45) is -0.301. The smallest absolute Gasteiger partial charge is 0.449 e. The molecule has 1 aliphatic heterocycles. The van der Waals surface area contributed by atoms with Gasteiger partial charge in [0.1, 0.15) is 23.1 Å². The zero-order valence-electron chi connectivity index (χ0n) is 26.0. The third kappa shape index (κ3) is 6.18. The van der Waals surface area contributed by atoms with Crippen molar-refractivity contribution in [3.05, 3.63) is 83.0 Å². The Balaban J connectivity index is 1.23. The molecule has 1 aliphatic rings. The molecule has 0 saturated carbocycles. The number of halogens is 3. The standard InChI is InChI=1S/C33H31F3N8O3S/c1-46-21-7-8-24-26(15-21)44(32(42-24)33(34,35)36)18-29(45)43-11-9-20(38-17-28-37-10-12-48-28)14-27(43)30-39-16-25(40-30)22-13-19-5-3-4-6-23(19)41-31(22)47-2/h3-8,10,12-13,15-16,20,27,38H,9,11,14,17-18H2,1-2H3,(H,39,40)/t20-,27-/m0/s1. The number of para-hydroxylation sites is 1. The largest absolute Gasteiger partial charge is 0.497 e. The summed E-state index contributed by atoms with van der Waals surface area (Å²) >= 11 is 1.54. The number of fused-ring (bicyclic) bond motifs is 2. The fraction of sp³-hybridized carbons (Fsp3) is 0.303. The average molecular weight is 677 g/mol. The Bertz CT molecular complexity index is 2080. The van der Waals surface area contributed by atoms with Crippen LogP contribution in [0.15, 0.2) is 66.3 Å². The minimum atomic E-state index is -4.78. The van der Waals surface area contributed by atoms with E-state index >= 15 is 0 Å². The molecule has 0 spiro atoms. The number of ether oxygens (including phenoxy) is 2. The Morgan fingerprint density at radius 3 is 2.71 bits per heavy atom. The number of aromatic amines is 1. The van der Waals surface area contributed by atoms with Gasteiger partial charge in [0.2, 0.25) is 17.6 Å². The van der Waals surface area contributed by atoms with Crippen molar-refractivity contribution in [2.45, 2.75) is 44.2 Å². The lowest BCUT2D eigenvalue weighted by Gasteiger charge is -2.39. The van der Waals surface area contributed by atoms with Crippen molar-refractivity contribution in [3.63, 3.8) is 0 Å². The molecule has 7 rings (SSSR count). The zero-order valence-corrected chi connectivity index (χ0v) is 26.8. The molecule has 1 saturated heterocycles. The van der Waals surface area contributed by atoms with E-state index in [4.69, 9.17) is 9.47 Å². The van der Waals surface area contributed by atoms with E-state index in [-0.39, 0.29) is 17.1 Å². The van der Waals surface area contributed by atoms with Gasteiger partial charge in [-0.25, -0.2) is 19.9 Å². The highest BCUT2D eigenvalue weighted by Gasteiger charge is 2.40. The van der Waals surface area contributed by atoms with Crippen LogP contribution in [0.2, 0.25) is 0 Å². The fourth-order valence-electron chi connectivity index (χ4n) is 6.20. The number of H-pyrrole nitrogens is 1. The summed E-state index contributed by atoms with van der Waals surface area (Å²) in [5.74, 6) is -0.370. The van der Waals surface area contributed by atoms with Crippen LogP contribution in [0.1, 0.15) is 35.5 Å². The molecule has 2 aromatic carbocycles. The van der Waals surface area contributed by atoms with Crippen LogP contribution in [-0.2, 0) is 24.1 Å². The average Bonchev–Trinajstić information content (AvgIpc) is 3.87. The SMILES string of the molecule is COc1ccc2nc(C(F)(F)F)n(CC(=O)N3CC[C@H](NCc4nccs4)C[C@H]3c3ncc(-c4cc5ccccc5nc4OC)[nH]3)c2c1. The van der Waals surface area contributed by atoms with Crippen molar-refractivity contribution >= 4 is 39.2 Å². The number of carbonyl (C=O) groups excluding carboxylic acids is 1. The number of methoxy groups -OCH3 is 2. The van der Waals surface area contributed by atoms with Gasteiger partial charge in [-0.3, -0.25) is 4.79 Å². The summed E-state index contributed by atoms with van der Waals surface area (Å²) in [6.45, 7) is 0.291. The van der Waals surface area contributed by atoms with Crippen molar-refractivity contribution in [1.82, 2.24) is 39.7 Å². The van der Waals surface area contributed by atoms with Crippen LogP contribution in [0.4, 0.5) is 13.2 Å². The molecule has 0 radical (unpaired) electrons. The van der Waals surface area contributed by atoms with Crippen molar-refractivity contribution in [2.24, 2.45) is 0 Å². The van der Waals surface area contributed by atoms with E-state index in [2.05, 4.69) is 30.2 Å². The second-order valence-corrected chi connectivity index (χ2v) is 12.4. The molecular weight excluding hydrogens is 645 g/mol. The second kappa shape index (κ2) is 12.9. The third-order valence-electron chi connectivity index (χ3n) is 8.53. The molecule has 15 heteroatoms. The number of hydrogen-bond acceptors (Lipinski definition) is 9. The van der Waals surface area contributed by atoms with Gasteiger partial charge >= 0.3 is 6.18 Å². The van der Waals surface area contributed by atoms with Gasteiger partial charge in [0.25, 0.3) is 0 Å². The van der Waals surface area contributed by atoms with Crippen LogP contribution in [0.5, 0.6) is 11.6 Å². The van der Waals surface area contributed by atoms with Gasteiger partial charge in [-0.1, -0.05) is 18.2 Å². The lowest BCUT2D eigenvalue weighted by molar-refractivity contribution is -0.148. The molecule has 0 aliphatic carbocycles. The number of nitrogens with one attached hydrogen (secondary N) is 2. The fourth-order valence-corrected chi connectivity index (χ4v) is 6.77. The third-order valence-corrected chi connectivity index (χ3v) is 9.31. The number of imidazole rings is 2. The predicted molar refractivity (Wildman–Crippen MR) is 174 cm³/mol. The molecule has 1 fully saturated rings. The van der Waals surface area contributed by atoms with Crippen LogP contribution in [0.25, 0.3) is 33.2 Å². The Morgan fingerprint density at radius 1 is 1.08 bits per heavy atom. The van der Waals surface area contributed by atoms with E-state index in [1.807, 2.05) is 35.7 Å². The summed E-state index contributed by atoms with van der Waals surface area (Å²) in [5, 5.41) is 7.29. The maximum atomic E-state index is 14.2. The van der Waals surface area contributed by atoms with E-state index in [1.54, 1.807) is 35.7 Å². The maximum Gasteiger partial charge on any atom is 0.449 e. The Morgan fingerprint density at radius 2 is 1.94 bits per heavy atom. The van der Waals surface area contributed by atoms with E-state index in [9.17, 15) is 18.0 Å². The quantitative estimate of drug-likeness (QED) is 0.192. The van der Waals surface area contributed by atoms with Crippen LogP contribution < -0.4 is 14.8 Å². The number of carbonyl (C=O) groups is 1. The normalized spacial score (nSPS) is 16.9. The number of benzene rings is 2. The molecule has 11 nitrogen and oxygen atoms in total. The van der Waals surface area contributed by atoms with Crippen molar-refractivity contribution < 1.29 is 27.4 Å². The van der Waals surface area contributed by atoms with Gasteiger partial charge < -0.3 is 29.2 Å². The number of rotatable bonds is 9. The molecule has 248 valence electrons. The first-order valence-corrected chi connectivity index (χ1v) is 16.1. The first-order valence-electron chi connectivity index (χ1n) is 15.2. The monoisotopic (exact) mass is 676 g/mol. The summed E-state index contributed by atoms with van der Waals surface area (Å²) in [6, 6.07) is 13.5. The number of thiazole rings is 1. The van der Waals surface area contributed by atoms with Crippen LogP contribution in [0, 0.1) is 0 Å². The molecule has 6 aromatic rings. The van der Waals surface area contributed by atoms with Gasteiger partial charge in [-0.2, -0.15) is 13.2 Å². The Hall–Kier alpha value is -5.02. The van der Waals surface area contributed by atoms with Crippen LogP contribution in [0.3, 0.4) is 0 Å². The van der Waals surface area contributed by atoms with E-state index in [0.717, 1.165) is 20.5 Å². The lowest BCUT2D eigenvalue weighted by atomic mass is 9.96. The number of aromatic nitrogens is 6. The molecule has 4 aromatic heterocycles. The van der Waals surface area contributed by atoms with E-state index in [1.165, 1.54) is 25.3 Å². The summed E-state index contributed by atoms with van der Waals surface area (Å²) in [4.78, 5) is 36.6. The molecule has 2 N–H and O–H groups in total. The molecule has 1 amide bonds. The van der Waals surface area contributed by atoms with E-state index in [0.29, 0.717) is 54.6 Å². The number of piperidine rings is 1. The molecule has 2 atom stereocenters.